The maximum atomic E-state index is 12.0. The highest BCUT2D eigenvalue weighted by Gasteiger charge is 2.27. The van der Waals surface area contributed by atoms with Gasteiger partial charge in [-0.25, -0.2) is 0 Å². The van der Waals surface area contributed by atoms with Crippen LogP contribution >= 0.6 is 0 Å². The van der Waals surface area contributed by atoms with Gasteiger partial charge in [0, 0.05) is 12.6 Å². The van der Waals surface area contributed by atoms with Crippen molar-refractivity contribution < 1.29 is 23.1 Å². The lowest BCUT2D eigenvalue weighted by atomic mass is 10.1. The smallest absolute Gasteiger partial charge is 0.401 e. The maximum absolute atomic E-state index is 12.0. The Morgan fingerprint density at radius 3 is 2.55 bits per heavy atom. The minimum absolute atomic E-state index is 0.0444. The summed E-state index contributed by atoms with van der Waals surface area (Å²) >= 11 is 0. The summed E-state index contributed by atoms with van der Waals surface area (Å²) in [7, 11) is 1.48. The molecule has 0 bridgehead atoms. The van der Waals surface area contributed by atoms with E-state index in [1.807, 2.05) is 5.32 Å². The summed E-state index contributed by atoms with van der Waals surface area (Å²) in [5.74, 6) is -0.437. The van der Waals surface area contributed by atoms with Gasteiger partial charge in [-0.3, -0.25) is 4.79 Å². The zero-order valence-electron chi connectivity index (χ0n) is 11.2. The molecule has 0 aromatic heterocycles. The van der Waals surface area contributed by atoms with E-state index >= 15 is 0 Å². The first-order valence-corrected chi connectivity index (χ1v) is 6.03. The lowest BCUT2D eigenvalue weighted by Crippen LogP contribution is -2.40. The van der Waals surface area contributed by atoms with Gasteiger partial charge >= 0.3 is 6.18 Å². The Morgan fingerprint density at radius 1 is 1.40 bits per heavy atom. The molecule has 1 aromatic rings. The third-order valence-electron chi connectivity index (χ3n) is 2.96. The van der Waals surface area contributed by atoms with Crippen LogP contribution in [0.25, 0.3) is 0 Å². The summed E-state index contributed by atoms with van der Waals surface area (Å²) in [6.45, 7) is 0.0716. The van der Waals surface area contributed by atoms with Gasteiger partial charge in [0.25, 0.3) is 0 Å². The number of hydrogen-bond acceptors (Lipinski definition) is 3. The van der Waals surface area contributed by atoms with Gasteiger partial charge in [-0.1, -0.05) is 18.2 Å². The van der Waals surface area contributed by atoms with Gasteiger partial charge in [-0.05, 0) is 13.0 Å². The van der Waals surface area contributed by atoms with E-state index in [-0.39, 0.29) is 5.75 Å². The molecule has 4 nitrogen and oxygen atoms in total. The number of amides is 1. The second kappa shape index (κ2) is 6.60. The van der Waals surface area contributed by atoms with Crippen LogP contribution < -0.4 is 5.32 Å². The Bertz CT molecular complexity index is 463. The van der Waals surface area contributed by atoms with Crippen molar-refractivity contribution in [1.82, 2.24) is 10.2 Å². The highest BCUT2D eigenvalue weighted by Crippen LogP contribution is 2.26. The Kier molecular flexibility index (Phi) is 5.38. The molecule has 0 aliphatic heterocycles. The lowest BCUT2D eigenvalue weighted by Gasteiger charge is -2.26. The lowest BCUT2D eigenvalue weighted by molar-refractivity contribution is -0.134. The normalized spacial score (nSPS) is 13.1. The third-order valence-corrected chi connectivity index (χ3v) is 2.96. The average molecular weight is 290 g/mol. The van der Waals surface area contributed by atoms with Gasteiger partial charge in [-0.2, -0.15) is 13.2 Å². The van der Waals surface area contributed by atoms with Crippen LogP contribution in [0.2, 0.25) is 0 Å². The molecule has 0 aliphatic carbocycles. The molecule has 0 saturated heterocycles. The molecule has 2 N–H and O–H groups in total. The largest absolute Gasteiger partial charge is 0.508 e. The number of halogens is 3. The van der Waals surface area contributed by atoms with Gasteiger partial charge in [0.15, 0.2) is 0 Å². The zero-order chi connectivity index (χ0) is 15.3. The number of carbonyl (C=O) groups excluding carboxylic acids is 1. The van der Waals surface area contributed by atoms with Crippen LogP contribution in [-0.2, 0) is 4.79 Å². The molecule has 7 heteroatoms. The van der Waals surface area contributed by atoms with Gasteiger partial charge in [0.1, 0.15) is 5.75 Å². The van der Waals surface area contributed by atoms with Gasteiger partial charge in [0.2, 0.25) is 5.91 Å². The van der Waals surface area contributed by atoms with Crippen LogP contribution in [0.1, 0.15) is 18.5 Å². The highest BCUT2D eigenvalue weighted by molar-refractivity contribution is 5.78. The van der Waals surface area contributed by atoms with E-state index in [0.717, 1.165) is 0 Å². The summed E-state index contributed by atoms with van der Waals surface area (Å²) in [5.41, 5.74) is 0.541. The molecule has 1 amide bonds. The standard InChI is InChI=1S/C13H17F3N2O2/c1-9(10-5-3-4-6-11(10)19)18(2)12(20)7-17-8-13(14,15)16/h3-6,9,17,19H,7-8H2,1-2H3. The molecule has 0 saturated carbocycles. The van der Waals surface area contributed by atoms with E-state index < -0.39 is 31.2 Å². The highest BCUT2D eigenvalue weighted by atomic mass is 19.4. The Morgan fingerprint density at radius 2 is 2.00 bits per heavy atom. The number of nitrogens with one attached hydrogen (secondary N) is 1. The Labute approximate surface area is 115 Å². The van der Waals surface area contributed by atoms with Crippen LogP contribution in [0.4, 0.5) is 13.2 Å². The molecule has 1 unspecified atom stereocenters. The number of carbonyl (C=O) groups is 1. The molecule has 1 aromatic carbocycles. The van der Waals surface area contributed by atoms with Crippen molar-refractivity contribution >= 4 is 5.91 Å². The molecule has 0 heterocycles. The fourth-order valence-electron chi connectivity index (χ4n) is 1.70. The van der Waals surface area contributed by atoms with Gasteiger partial charge in [0.05, 0.1) is 19.1 Å². The number of alkyl halides is 3. The molecule has 0 spiro atoms. The number of likely N-dealkylation sites (N-methyl/N-ethyl adjacent to an activating group) is 1. The van der Waals surface area contributed by atoms with Crippen molar-refractivity contribution in [2.45, 2.75) is 19.1 Å². The zero-order valence-corrected chi connectivity index (χ0v) is 11.2. The van der Waals surface area contributed by atoms with Crippen LogP contribution in [-0.4, -0.2) is 42.2 Å². The minimum atomic E-state index is -4.35. The molecule has 1 atom stereocenters. The van der Waals surface area contributed by atoms with Crippen molar-refractivity contribution in [1.29, 1.82) is 0 Å². The molecule has 0 fully saturated rings. The Hall–Kier alpha value is -1.76. The van der Waals surface area contributed by atoms with Gasteiger partial charge < -0.3 is 15.3 Å². The summed E-state index contributed by atoms with van der Waals surface area (Å²) < 4.78 is 35.9. The first-order chi connectivity index (χ1) is 9.22. The first-order valence-electron chi connectivity index (χ1n) is 6.03. The van der Waals surface area contributed by atoms with Gasteiger partial charge in [-0.15, -0.1) is 0 Å². The number of nitrogens with zero attached hydrogens (tertiary/aromatic N) is 1. The van der Waals surface area contributed by atoms with Crippen LogP contribution in [0, 0.1) is 0 Å². The van der Waals surface area contributed by atoms with Crippen molar-refractivity contribution in [2.24, 2.45) is 0 Å². The summed E-state index contributed by atoms with van der Waals surface area (Å²) in [6.07, 6.45) is -4.35. The number of para-hydroxylation sites is 1. The second-order valence-electron chi connectivity index (χ2n) is 4.46. The topological polar surface area (TPSA) is 52.6 Å². The van der Waals surface area contributed by atoms with Crippen LogP contribution in [0.3, 0.4) is 0 Å². The average Bonchev–Trinajstić information content (AvgIpc) is 2.36. The predicted octanol–water partition coefficient (Wildman–Crippen LogP) is 2.06. The van der Waals surface area contributed by atoms with E-state index in [9.17, 15) is 23.1 Å². The summed E-state index contributed by atoms with van der Waals surface area (Å²) in [4.78, 5) is 13.1. The van der Waals surface area contributed by atoms with Crippen molar-refractivity contribution in [3.8, 4) is 5.75 Å². The van der Waals surface area contributed by atoms with E-state index in [1.165, 1.54) is 18.0 Å². The first kappa shape index (κ1) is 16.3. The molecular formula is C13H17F3N2O2. The van der Waals surface area contributed by atoms with Crippen molar-refractivity contribution in [2.75, 3.05) is 20.1 Å². The summed E-state index contributed by atoms with van der Waals surface area (Å²) in [5, 5.41) is 11.7. The summed E-state index contributed by atoms with van der Waals surface area (Å²) in [6, 6.07) is 6.08. The monoisotopic (exact) mass is 290 g/mol. The van der Waals surface area contributed by atoms with E-state index in [2.05, 4.69) is 0 Å². The number of phenols is 1. The van der Waals surface area contributed by atoms with E-state index in [1.54, 1.807) is 25.1 Å². The second-order valence-corrected chi connectivity index (χ2v) is 4.46. The molecule has 112 valence electrons. The number of aromatic hydroxyl groups is 1. The molecule has 0 radical (unpaired) electrons. The van der Waals surface area contributed by atoms with Crippen molar-refractivity contribution in [3.63, 3.8) is 0 Å². The molecule has 20 heavy (non-hydrogen) atoms. The molecule has 0 aliphatic rings. The van der Waals surface area contributed by atoms with Crippen LogP contribution in [0.15, 0.2) is 24.3 Å². The number of hydrogen-bond donors (Lipinski definition) is 2. The van der Waals surface area contributed by atoms with Crippen LogP contribution in [0.5, 0.6) is 5.75 Å². The van der Waals surface area contributed by atoms with E-state index in [4.69, 9.17) is 0 Å². The fraction of sp³-hybridized carbons (Fsp3) is 0.462. The Balaban J connectivity index is 2.59. The third kappa shape index (κ3) is 4.73. The fourth-order valence-corrected chi connectivity index (χ4v) is 1.70. The minimum Gasteiger partial charge on any atom is -0.508 e. The number of benzene rings is 1. The maximum Gasteiger partial charge on any atom is 0.401 e. The number of phenolic OH excluding ortho intramolecular Hbond substituents is 1. The predicted molar refractivity (Wildman–Crippen MR) is 68.2 cm³/mol. The number of rotatable bonds is 5. The molecule has 1 rings (SSSR count). The van der Waals surface area contributed by atoms with Crippen molar-refractivity contribution in [3.05, 3.63) is 29.8 Å². The molecular weight excluding hydrogens is 273 g/mol. The SMILES string of the molecule is CC(c1ccccc1O)N(C)C(=O)CNCC(F)(F)F. The van der Waals surface area contributed by atoms with E-state index in [0.29, 0.717) is 5.56 Å². The quantitative estimate of drug-likeness (QED) is 0.873.